The molecule has 1 fully saturated rings. The average molecular weight is 283 g/mol. The molecule has 2 nitrogen and oxygen atoms in total. The van der Waals surface area contributed by atoms with Gasteiger partial charge in [-0.25, -0.2) is 0 Å². The SMILES string of the molecule is CC(C)CCN(CCC(C)C)C(CNC1CC1)C(C)C. The van der Waals surface area contributed by atoms with Gasteiger partial charge >= 0.3 is 0 Å². The summed E-state index contributed by atoms with van der Waals surface area (Å²) in [4.78, 5) is 2.76. The summed E-state index contributed by atoms with van der Waals surface area (Å²) in [5, 5.41) is 3.75. The van der Waals surface area contributed by atoms with Crippen LogP contribution in [0.3, 0.4) is 0 Å². The van der Waals surface area contributed by atoms with Crippen LogP contribution in [0.4, 0.5) is 0 Å². The fourth-order valence-corrected chi connectivity index (χ4v) is 2.65. The van der Waals surface area contributed by atoms with E-state index in [0.717, 1.165) is 23.8 Å². The molecule has 1 atom stereocenters. The van der Waals surface area contributed by atoms with Crippen molar-refractivity contribution in [2.45, 2.75) is 79.3 Å². The summed E-state index contributed by atoms with van der Waals surface area (Å²) in [5.41, 5.74) is 0. The van der Waals surface area contributed by atoms with Crippen LogP contribution in [0.2, 0.25) is 0 Å². The number of nitrogens with zero attached hydrogens (tertiary/aromatic N) is 1. The van der Waals surface area contributed by atoms with Crippen LogP contribution >= 0.6 is 0 Å². The lowest BCUT2D eigenvalue weighted by Gasteiger charge is -2.36. The minimum atomic E-state index is 0.702. The molecule has 0 aromatic rings. The van der Waals surface area contributed by atoms with Crippen molar-refractivity contribution in [3.8, 4) is 0 Å². The first-order chi connectivity index (χ1) is 9.40. The molecule has 0 radical (unpaired) electrons. The number of hydrogen-bond donors (Lipinski definition) is 1. The Balaban J connectivity index is 2.52. The molecule has 0 saturated heterocycles. The van der Waals surface area contributed by atoms with Gasteiger partial charge in [0.2, 0.25) is 0 Å². The van der Waals surface area contributed by atoms with E-state index in [0.29, 0.717) is 6.04 Å². The Bertz CT molecular complexity index is 232. The van der Waals surface area contributed by atoms with Crippen LogP contribution in [-0.2, 0) is 0 Å². The highest BCUT2D eigenvalue weighted by Crippen LogP contribution is 2.21. The normalized spacial score (nSPS) is 17.7. The third kappa shape index (κ3) is 7.64. The van der Waals surface area contributed by atoms with Crippen molar-refractivity contribution < 1.29 is 0 Å². The highest BCUT2D eigenvalue weighted by Gasteiger charge is 2.26. The topological polar surface area (TPSA) is 15.3 Å². The lowest BCUT2D eigenvalue weighted by Crippen LogP contribution is -2.47. The first kappa shape index (κ1) is 18.0. The monoisotopic (exact) mass is 282 g/mol. The van der Waals surface area contributed by atoms with E-state index in [-0.39, 0.29) is 0 Å². The first-order valence-electron chi connectivity index (χ1n) is 8.87. The Morgan fingerprint density at radius 3 is 1.75 bits per heavy atom. The molecule has 1 unspecified atom stereocenters. The van der Waals surface area contributed by atoms with Gasteiger partial charge in [-0.3, -0.25) is 4.90 Å². The van der Waals surface area contributed by atoms with Gasteiger partial charge in [-0.05, 0) is 56.5 Å². The Morgan fingerprint density at radius 1 is 0.900 bits per heavy atom. The lowest BCUT2D eigenvalue weighted by atomic mass is 9.99. The van der Waals surface area contributed by atoms with Crippen molar-refractivity contribution in [1.82, 2.24) is 10.2 Å². The molecule has 0 spiro atoms. The van der Waals surface area contributed by atoms with Gasteiger partial charge in [0, 0.05) is 18.6 Å². The Labute approximate surface area is 127 Å². The Kier molecular flexibility index (Phi) is 8.13. The largest absolute Gasteiger partial charge is 0.312 e. The predicted molar refractivity (Wildman–Crippen MR) is 90.1 cm³/mol. The van der Waals surface area contributed by atoms with Gasteiger partial charge in [0.1, 0.15) is 0 Å². The van der Waals surface area contributed by atoms with Crippen molar-refractivity contribution in [3.63, 3.8) is 0 Å². The Hall–Kier alpha value is -0.0800. The van der Waals surface area contributed by atoms with Crippen LogP contribution in [0.5, 0.6) is 0 Å². The average Bonchev–Trinajstić information content (AvgIpc) is 3.14. The van der Waals surface area contributed by atoms with E-state index >= 15 is 0 Å². The summed E-state index contributed by atoms with van der Waals surface area (Å²) in [5.74, 6) is 2.35. The second-order valence-electron chi connectivity index (χ2n) is 7.89. The smallest absolute Gasteiger partial charge is 0.0243 e. The molecule has 2 heteroatoms. The molecule has 1 aliphatic carbocycles. The molecular formula is C18H38N2. The van der Waals surface area contributed by atoms with Crippen LogP contribution < -0.4 is 5.32 Å². The molecule has 1 N–H and O–H groups in total. The molecule has 120 valence electrons. The summed E-state index contributed by atoms with van der Waals surface area (Å²) in [6.45, 7) is 17.8. The van der Waals surface area contributed by atoms with Crippen molar-refractivity contribution >= 4 is 0 Å². The van der Waals surface area contributed by atoms with Gasteiger partial charge in [-0.15, -0.1) is 0 Å². The van der Waals surface area contributed by atoms with E-state index in [4.69, 9.17) is 0 Å². The molecule has 0 heterocycles. The maximum Gasteiger partial charge on any atom is 0.0243 e. The molecule has 0 bridgehead atoms. The first-order valence-corrected chi connectivity index (χ1v) is 8.87. The maximum absolute atomic E-state index is 3.75. The van der Waals surface area contributed by atoms with Crippen LogP contribution in [0.25, 0.3) is 0 Å². The fraction of sp³-hybridized carbons (Fsp3) is 1.00. The molecule has 20 heavy (non-hydrogen) atoms. The van der Waals surface area contributed by atoms with Crippen molar-refractivity contribution in [3.05, 3.63) is 0 Å². The standard InChI is InChI=1S/C18H38N2/c1-14(2)9-11-20(12-10-15(3)4)18(16(5)6)13-19-17-7-8-17/h14-19H,7-13H2,1-6H3. The van der Waals surface area contributed by atoms with E-state index in [1.165, 1.54) is 45.3 Å². The predicted octanol–water partition coefficient (Wildman–Crippen LogP) is 4.16. The van der Waals surface area contributed by atoms with Gasteiger partial charge in [-0.2, -0.15) is 0 Å². The minimum absolute atomic E-state index is 0.702. The van der Waals surface area contributed by atoms with E-state index in [2.05, 4.69) is 51.8 Å². The van der Waals surface area contributed by atoms with Crippen LogP contribution in [0.1, 0.15) is 67.2 Å². The van der Waals surface area contributed by atoms with Crippen molar-refractivity contribution in [2.75, 3.05) is 19.6 Å². The second-order valence-corrected chi connectivity index (χ2v) is 7.89. The molecule has 0 aliphatic heterocycles. The van der Waals surface area contributed by atoms with Crippen LogP contribution in [0, 0.1) is 17.8 Å². The second kappa shape index (κ2) is 9.04. The zero-order valence-electron chi connectivity index (χ0n) is 14.8. The van der Waals surface area contributed by atoms with Gasteiger partial charge in [-0.1, -0.05) is 41.5 Å². The van der Waals surface area contributed by atoms with Crippen molar-refractivity contribution in [2.24, 2.45) is 17.8 Å². The van der Waals surface area contributed by atoms with Gasteiger partial charge in [0.25, 0.3) is 0 Å². The summed E-state index contributed by atoms with van der Waals surface area (Å²) in [7, 11) is 0. The molecule has 1 rings (SSSR count). The van der Waals surface area contributed by atoms with Crippen LogP contribution in [-0.4, -0.2) is 36.6 Å². The number of rotatable bonds is 11. The lowest BCUT2D eigenvalue weighted by molar-refractivity contribution is 0.137. The van der Waals surface area contributed by atoms with Gasteiger partial charge in [0.05, 0.1) is 0 Å². The summed E-state index contributed by atoms with van der Waals surface area (Å²) in [6.07, 6.45) is 5.43. The third-order valence-corrected chi connectivity index (χ3v) is 4.42. The summed E-state index contributed by atoms with van der Waals surface area (Å²) >= 11 is 0. The number of nitrogens with one attached hydrogen (secondary N) is 1. The van der Waals surface area contributed by atoms with E-state index in [1.807, 2.05) is 0 Å². The molecule has 0 aromatic carbocycles. The highest BCUT2D eigenvalue weighted by atomic mass is 15.2. The highest BCUT2D eigenvalue weighted by molar-refractivity contribution is 4.85. The van der Waals surface area contributed by atoms with Crippen molar-refractivity contribution in [1.29, 1.82) is 0 Å². The Morgan fingerprint density at radius 2 is 1.40 bits per heavy atom. The maximum atomic E-state index is 3.75. The molecule has 0 amide bonds. The van der Waals surface area contributed by atoms with E-state index in [1.54, 1.807) is 0 Å². The van der Waals surface area contributed by atoms with E-state index in [9.17, 15) is 0 Å². The summed E-state index contributed by atoms with van der Waals surface area (Å²) < 4.78 is 0. The van der Waals surface area contributed by atoms with Gasteiger partial charge in [0.15, 0.2) is 0 Å². The third-order valence-electron chi connectivity index (χ3n) is 4.42. The zero-order valence-corrected chi connectivity index (χ0v) is 14.8. The summed E-state index contributed by atoms with van der Waals surface area (Å²) in [6, 6.07) is 1.53. The molecule has 1 saturated carbocycles. The van der Waals surface area contributed by atoms with Gasteiger partial charge < -0.3 is 5.32 Å². The molecule has 1 aliphatic rings. The minimum Gasteiger partial charge on any atom is -0.312 e. The quantitative estimate of drug-likeness (QED) is 0.612. The zero-order chi connectivity index (χ0) is 15.1. The molecular weight excluding hydrogens is 244 g/mol. The van der Waals surface area contributed by atoms with Crippen LogP contribution in [0.15, 0.2) is 0 Å². The molecule has 0 aromatic heterocycles. The number of hydrogen-bond acceptors (Lipinski definition) is 2. The fourth-order valence-electron chi connectivity index (χ4n) is 2.65. The van der Waals surface area contributed by atoms with E-state index < -0.39 is 0 Å².